The number of hydrogen-bond acceptors (Lipinski definition) is 4. The molecule has 2 saturated heterocycles. The Hall–Kier alpha value is -1.63. The van der Waals surface area contributed by atoms with Crippen molar-refractivity contribution in [2.24, 2.45) is 11.7 Å². The molecule has 6 nitrogen and oxygen atoms in total. The number of carbonyl (C=O) groups excluding carboxylic acids is 2. The fourth-order valence-corrected chi connectivity index (χ4v) is 3.87. The van der Waals surface area contributed by atoms with E-state index in [0.717, 1.165) is 31.4 Å². The number of carbonyl (C=O) groups is 2. The van der Waals surface area contributed by atoms with Crippen LogP contribution in [0.5, 0.6) is 0 Å². The summed E-state index contributed by atoms with van der Waals surface area (Å²) in [4.78, 5) is 29.0. The first kappa shape index (κ1) is 22.7. The summed E-state index contributed by atoms with van der Waals surface area (Å²) in [7, 11) is 0. The molecule has 0 bridgehead atoms. The van der Waals surface area contributed by atoms with E-state index in [1.165, 1.54) is 5.56 Å². The molecule has 0 aromatic heterocycles. The maximum absolute atomic E-state index is 12.9. The Balaban J connectivity index is 0.00000280. The van der Waals surface area contributed by atoms with Gasteiger partial charge in [-0.15, -0.1) is 12.4 Å². The van der Waals surface area contributed by atoms with Gasteiger partial charge in [0.25, 0.3) is 0 Å². The first-order valence-corrected chi connectivity index (χ1v) is 10.1. The smallest absolute Gasteiger partial charge is 0.228 e. The molecule has 1 unspecified atom stereocenters. The van der Waals surface area contributed by atoms with E-state index in [1.54, 1.807) is 4.90 Å². The summed E-state index contributed by atoms with van der Waals surface area (Å²) in [5.74, 6) is -0.0906. The number of anilines is 1. The fraction of sp³-hybridized carbons (Fsp3) is 0.619. The standard InChI is InChI=1S/C21H31N3O3.ClH/c1-2-16-4-6-18(7-5-16)24-15-17(14-20(24)25)21(26)23-11-8-19(9-12-23)27-13-3-10-22;/h4-7,17,19H,2-3,8-15,22H2,1H3;1H. The van der Waals surface area contributed by atoms with E-state index in [2.05, 4.69) is 6.92 Å². The molecule has 0 saturated carbocycles. The Bertz CT molecular complexity index is 645. The molecule has 2 aliphatic heterocycles. The Morgan fingerprint density at radius 3 is 2.50 bits per heavy atom. The first-order valence-electron chi connectivity index (χ1n) is 10.1. The van der Waals surface area contributed by atoms with Gasteiger partial charge in [0.05, 0.1) is 12.0 Å². The van der Waals surface area contributed by atoms with E-state index >= 15 is 0 Å². The van der Waals surface area contributed by atoms with Crippen molar-refractivity contribution in [1.82, 2.24) is 4.90 Å². The van der Waals surface area contributed by atoms with Crippen molar-refractivity contribution in [1.29, 1.82) is 0 Å². The van der Waals surface area contributed by atoms with Crippen LogP contribution in [0, 0.1) is 5.92 Å². The zero-order valence-electron chi connectivity index (χ0n) is 16.6. The molecule has 0 spiro atoms. The molecule has 7 heteroatoms. The third kappa shape index (κ3) is 5.46. The molecule has 28 heavy (non-hydrogen) atoms. The highest BCUT2D eigenvalue weighted by atomic mass is 35.5. The molecule has 2 heterocycles. The molecule has 3 rings (SSSR count). The third-order valence-electron chi connectivity index (χ3n) is 5.59. The molecule has 1 aromatic carbocycles. The normalized spacial score (nSPS) is 20.4. The van der Waals surface area contributed by atoms with Crippen molar-refractivity contribution in [3.63, 3.8) is 0 Å². The van der Waals surface area contributed by atoms with Crippen LogP contribution < -0.4 is 10.6 Å². The van der Waals surface area contributed by atoms with Gasteiger partial charge in [-0.25, -0.2) is 0 Å². The summed E-state index contributed by atoms with van der Waals surface area (Å²) in [5.41, 5.74) is 7.62. The van der Waals surface area contributed by atoms with Crippen LogP contribution in [0.25, 0.3) is 0 Å². The summed E-state index contributed by atoms with van der Waals surface area (Å²) in [6.45, 7) is 5.35. The number of nitrogens with zero attached hydrogens (tertiary/aromatic N) is 2. The van der Waals surface area contributed by atoms with E-state index in [-0.39, 0.29) is 36.2 Å². The van der Waals surface area contributed by atoms with Crippen molar-refractivity contribution in [3.8, 4) is 0 Å². The van der Waals surface area contributed by atoms with Crippen LogP contribution in [0.1, 0.15) is 38.2 Å². The summed E-state index contributed by atoms with van der Waals surface area (Å²) >= 11 is 0. The Morgan fingerprint density at radius 1 is 1.21 bits per heavy atom. The molecule has 0 aliphatic carbocycles. The number of aryl methyl sites for hydroxylation is 1. The van der Waals surface area contributed by atoms with Crippen LogP contribution in [-0.2, 0) is 20.7 Å². The lowest BCUT2D eigenvalue weighted by Crippen LogP contribution is -2.44. The SMILES string of the molecule is CCc1ccc(N2CC(C(=O)N3CCC(OCCCN)CC3)CC2=O)cc1.Cl. The topological polar surface area (TPSA) is 75.9 Å². The molecule has 0 radical (unpaired) electrons. The van der Waals surface area contributed by atoms with Gasteiger partial charge in [-0.1, -0.05) is 19.1 Å². The second-order valence-electron chi connectivity index (χ2n) is 7.46. The van der Waals surface area contributed by atoms with Crippen molar-refractivity contribution < 1.29 is 14.3 Å². The van der Waals surface area contributed by atoms with Crippen LogP contribution in [0.3, 0.4) is 0 Å². The second-order valence-corrected chi connectivity index (χ2v) is 7.46. The summed E-state index contributed by atoms with van der Waals surface area (Å²) < 4.78 is 5.81. The molecule has 156 valence electrons. The summed E-state index contributed by atoms with van der Waals surface area (Å²) in [6.07, 6.45) is 4.10. The number of benzene rings is 1. The van der Waals surface area contributed by atoms with Gasteiger partial charge in [-0.2, -0.15) is 0 Å². The minimum absolute atomic E-state index is 0. The maximum Gasteiger partial charge on any atom is 0.228 e. The molecule has 2 amide bonds. The van der Waals surface area contributed by atoms with Crippen LogP contribution >= 0.6 is 12.4 Å². The highest BCUT2D eigenvalue weighted by Gasteiger charge is 2.38. The minimum atomic E-state index is -0.238. The van der Waals surface area contributed by atoms with Crippen LogP contribution in [0.2, 0.25) is 0 Å². The molecule has 2 fully saturated rings. The van der Waals surface area contributed by atoms with Crippen molar-refractivity contribution >= 4 is 29.9 Å². The molecular weight excluding hydrogens is 378 g/mol. The Morgan fingerprint density at radius 2 is 1.89 bits per heavy atom. The number of ether oxygens (including phenoxy) is 1. The van der Waals surface area contributed by atoms with Crippen LogP contribution in [0.4, 0.5) is 5.69 Å². The first-order chi connectivity index (χ1) is 13.1. The Kier molecular flexibility index (Phi) is 8.73. The largest absolute Gasteiger partial charge is 0.378 e. The summed E-state index contributed by atoms with van der Waals surface area (Å²) in [6, 6.07) is 8.06. The number of hydrogen-bond donors (Lipinski definition) is 1. The van der Waals surface area contributed by atoms with Crippen molar-refractivity contribution in [2.45, 2.75) is 45.1 Å². The van der Waals surface area contributed by atoms with Crippen LogP contribution in [-0.4, -0.2) is 55.6 Å². The van der Waals surface area contributed by atoms with Gasteiger partial charge in [-0.3, -0.25) is 9.59 Å². The lowest BCUT2D eigenvalue weighted by atomic mass is 10.0. The van der Waals surface area contributed by atoms with E-state index in [9.17, 15) is 9.59 Å². The lowest BCUT2D eigenvalue weighted by Gasteiger charge is -2.33. The van der Waals surface area contributed by atoms with Gasteiger partial charge in [0, 0.05) is 38.3 Å². The molecular formula is C21H32ClN3O3. The number of rotatable bonds is 7. The van der Waals surface area contributed by atoms with Crippen molar-refractivity contribution in [2.75, 3.05) is 37.7 Å². The average Bonchev–Trinajstić information content (AvgIpc) is 3.10. The zero-order valence-corrected chi connectivity index (χ0v) is 17.5. The lowest BCUT2D eigenvalue weighted by molar-refractivity contribution is -0.138. The van der Waals surface area contributed by atoms with Gasteiger partial charge in [0.1, 0.15) is 0 Å². The predicted octanol–water partition coefficient (Wildman–Crippen LogP) is 2.38. The predicted molar refractivity (Wildman–Crippen MR) is 113 cm³/mol. The minimum Gasteiger partial charge on any atom is -0.378 e. The van der Waals surface area contributed by atoms with Gasteiger partial charge in [0.2, 0.25) is 11.8 Å². The zero-order chi connectivity index (χ0) is 19.2. The molecule has 2 N–H and O–H groups in total. The second kappa shape index (κ2) is 10.8. The number of likely N-dealkylation sites (tertiary alicyclic amines) is 1. The van der Waals surface area contributed by atoms with E-state index in [1.807, 2.05) is 29.2 Å². The number of nitrogens with two attached hydrogens (primary N) is 1. The van der Waals surface area contributed by atoms with Gasteiger partial charge in [-0.05, 0) is 49.9 Å². The Labute approximate surface area is 173 Å². The molecule has 1 atom stereocenters. The quantitative estimate of drug-likeness (QED) is 0.701. The fourth-order valence-electron chi connectivity index (χ4n) is 3.87. The van der Waals surface area contributed by atoms with E-state index in [4.69, 9.17) is 10.5 Å². The maximum atomic E-state index is 12.9. The van der Waals surface area contributed by atoms with Gasteiger partial charge < -0.3 is 20.3 Å². The highest BCUT2D eigenvalue weighted by molar-refractivity contribution is 6.00. The van der Waals surface area contributed by atoms with E-state index in [0.29, 0.717) is 39.2 Å². The molecule has 1 aromatic rings. The van der Waals surface area contributed by atoms with E-state index < -0.39 is 0 Å². The summed E-state index contributed by atoms with van der Waals surface area (Å²) in [5, 5.41) is 0. The van der Waals surface area contributed by atoms with Gasteiger partial charge >= 0.3 is 0 Å². The van der Waals surface area contributed by atoms with Crippen molar-refractivity contribution in [3.05, 3.63) is 29.8 Å². The van der Waals surface area contributed by atoms with Gasteiger partial charge in [0.15, 0.2) is 0 Å². The van der Waals surface area contributed by atoms with Crippen LogP contribution in [0.15, 0.2) is 24.3 Å². The monoisotopic (exact) mass is 409 g/mol. The number of piperidine rings is 1. The third-order valence-corrected chi connectivity index (χ3v) is 5.59. The average molecular weight is 410 g/mol. The number of amides is 2. The number of halogens is 1. The highest BCUT2D eigenvalue weighted by Crippen LogP contribution is 2.28. The molecule has 2 aliphatic rings.